The lowest BCUT2D eigenvalue weighted by Gasteiger charge is -2.37. The molecular weight excluding hydrogens is 180 g/mol. The van der Waals surface area contributed by atoms with Crippen LogP contribution in [-0.2, 0) is 0 Å². The maximum absolute atomic E-state index is 3.36. The number of hydrogen-bond acceptors (Lipinski definition) is 3. The van der Waals surface area contributed by atoms with E-state index < -0.39 is 0 Å². The van der Waals surface area contributed by atoms with Gasteiger partial charge in [0.05, 0.1) is 0 Å². The Labute approximate surface area is 85.4 Å². The molecule has 0 radical (unpaired) electrons. The van der Waals surface area contributed by atoms with E-state index in [9.17, 15) is 0 Å². The minimum atomic E-state index is 0.862. The van der Waals surface area contributed by atoms with E-state index in [1.807, 2.05) is 0 Å². The molecule has 2 aliphatic heterocycles. The molecule has 2 aliphatic rings. The summed E-state index contributed by atoms with van der Waals surface area (Å²) in [5.41, 5.74) is 0. The van der Waals surface area contributed by atoms with E-state index >= 15 is 0 Å². The summed E-state index contributed by atoms with van der Waals surface area (Å²) in [4.78, 5) is 2.69. The van der Waals surface area contributed by atoms with Gasteiger partial charge in [0.25, 0.3) is 0 Å². The predicted molar refractivity (Wildman–Crippen MR) is 59.4 cm³/mol. The van der Waals surface area contributed by atoms with Gasteiger partial charge in [-0.3, -0.25) is 4.90 Å². The van der Waals surface area contributed by atoms with Crippen molar-refractivity contribution in [1.82, 2.24) is 10.2 Å². The van der Waals surface area contributed by atoms with E-state index in [0.717, 1.165) is 11.3 Å². The largest absolute Gasteiger partial charge is 0.314 e. The Morgan fingerprint density at radius 1 is 1.23 bits per heavy atom. The zero-order chi connectivity index (χ0) is 9.10. The Kier molecular flexibility index (Phi) is 3.52. The topological polar surface area (TPSA) is 15.3 Å². The van der Waals surface area contributed by atoms with Crippen molar-refractivity contribution < 1.29 is 0 Å². The van der Waals surface area contributed by atoms with Crippen molar-refractivity contribution in [3.63, 3.8) is 0 Å². The average molecular weight is 200 g/mol. The monoisotopic (exact) mass is 200 g/mol. The summed E-state index contributed by atoms with van der Waals surface area (Å²) < 4.78 is 0. The fraction of sp³-hybridized carbons (Fsp3) is 1.00. The molecule has 2 rings (SSSR count). The maximum Gasteiger partial charge on any atom is 0.0345 e. The lowest BCUT2D eigenvalue weighted by Crippen LogP contribution is -2.57. The van der Waals surface area contributed by atoms with Crippen LogP contribution in [0.2, 0.25) is 0 Å². The first-order chi connectivity index (χ1) is 6.40. The lowest BCUT2D eigenvalue weighted by molar-refractivity contribution is 0.151. The Morgan fingerprint density at radius 2 is 2.08 bits per heavy atom. The van der Waals surface area contributed by atoms with Gasteiger partial charge in [-0.1, -0.05) is 0 Å². The fourth-order valence-corrected chi connectivity index (χ4v) is 2.96. The van der Waals surface area contributed by atoms with Gasteiger partial charge < -0.3 is 5.32 Å². The molecule has 2 fully saturated rings. The second-order valence-electron chi connectivity index (χ2n) is 4.14. The van der Waals surface area contributed by atoms with Crippen LogP contribution >= 0.6 is 11.8 Å². The Bertz CT molecular complexity index is 159. The molecule has 2 saturated heterocycles. The molecule has 3 heteroatoms. The third-order valence-electron chi connectivity index (χ3n) is 3.32. The van der Waals surface area contributed by atoms with Crippen molar-refractivity contribution in [1.29, 1.82) is 0 Å². The van der Waals surface area contributed by atoms with Gasteiger partial charge in [0.1, 0.15) is 0 Å². The van der Waals surface area contributed by atoms with Crippen LogP contribution in [0.4, 0.5) is 0 Å². The van der Waals surface area contributed by atoms with Gasteiger partial charge in [0.15, 0.2) is 0 Å². The summed E-state index contributed by atoms with van der Waals surface area (Å²) >= 11 is 2.06. The van der Waals surface area contributed by atoms with Crippen molar-refractivity contribution >= 4 is 11.8 Å². The SMILES string of the molecule is CSC1CCCN(C2CNC2)CC1. The second kappa shape index (κ2) is 4.67. The first-order valence-electron chi connectivity index (χ1n) is 5.37. The molecular formula is C10H20N2S. The first-order valence-corrected chi connectivity index (χ1v) is 6.66. The van der Waals surface area contributed by atoms with Crippen LogP contribution in [0, 0.1) is 0 Å². The Hall–Kier alpha value is 0.270. The predicted octanol–water partition coefficient (Wildman–Crippen LogP) is 1.18. The molecule has 0 bridgehead atoms. The normalized spacial score (nSPS) is 32.5. The van der Waals surface area contributed by atoms with Crippen LogP contribution in [-0.4, -0.2) is 48.6 Å². The van der Waals surface area contributed by atoms with Gasteiger partial charge in [0, 0.05) is 24.4 Å². The highest BCUT2D eigenvalue weighted by Gasteiger charge is 2.26. The zero-order valence-electron chi connectivity index (χ0n) is 8.46. The van der Waals surface area contributed by atoms with E-state index in [0.29, 0.717) is 0 Å². The summed E-state index contributed by atoms with van der Waals surface area (Å²) in [6, 6.07) is 0.862. The van der Waals surface area contributed by atoms with Gasteiger partial charge in [-0.2, -0.15) is 11.8 Å². The van der Waals surface area contributed by atoms with Gasteiger partial charge in [0.2, 0.25) is 0 Å². The molecule has 0 aromatic heterocycles. The number of thioether (sulfide) groups is 1. The smallest absolute Gasteiger partial charge is 0.0345 e. The van der Waals surface area contributed by atoms with Crippen LogP contribution in [0.5, 0.6) is 0 Å². The number of nitrogens with one attached hydrogen (secondary N) is 1. The molecule has 1 unspecified atom stereocenters. The van der Waals surface area contributed by atoms with Crippen molar-refractivity contribution in [2.24, 2.45) is 0 Å². The number of nitrogens with zero attached hydrogens (tertiary/aromatic N) is 1. The quantitative estimate of drug-likeness (QED) is 0.720. The number of hydrogen-bond donors (Lipinski definition) is 1. The fourth-order valence-electron chi connectivity index (χ4n) is 2.22. The Morgan fingerprint density at radius 3 is 2.69 bits per heavy atom. The van der Waals surface area contributed by atoms with Crippen molar-refractivity contribution in [2.75, 3.05) is 32.4 Å². The third-order valence-corrected chi connectivity index (χ3v) is 4.46. The summed E-state index contributed by atoms with van der Waals surface area (Å²) in [6.45, 7) is 5.12. The molecule has 76 valence electrons. The van der Waals surface area contributed by atoms with Crippen LogP contribution in [0.1, 0.15) is 19.3 Å². The van der Waals surface area contributed by atoms with E-state index in [1.165, 1.54) is 45.4 Å². The first kappa shape index (κ1) is 9.81. The van der Waals surface area contributed by atoms with E-state index in [1.54, 1.807) is 0 Å². The van der Waals surface area contributed by atoms with Crippen LogP contribution in [0.3, 0.4) is 0 Å². The molecule has 13 heavy (non-hydrogen) atoms. The highest BCUT2D eigenvalue weighted by Crippen LogP contribution is 2.22. The zero-order valence-corrected chi connectivity index (χ0v) is 9.28. The van der Waals surface area contributed by atoms with Crippen LogP contribution in [0.15, 0.2) is 0 Å². The van der Waals surface area contributed by atoms with Crippen molar-refractivity contribution in [2.45, 2.75) is 30.6 Å². The molecule has 1 atom stereocenters. The molecule has 2 heterocycles. The third kappa shape index (κ3) is 2.39. The number of likely N-dealkylation sites (tertiary alicyclic amines) is 1. The molecule has 2 nitrogen and oxygen atoms in total. The summed E-state index contributed by atoms with van der Waals surface area (Å²) in [6.07, 6.45) is 6.49. The van der Waals surface area contributed by atoms with E-state index in [4.69, 9.17) is 0 Å². The molecule has 0 amide bonds. The average Bonchev–Trinajstić information content (AvgIpc) is 2.27. The summed E-state index contributed by atoms with van der Waals surface area (Å²) in [5.74, 6) is 0. The lowest BCUT2D eigenvalue weighted by atomic mass is 10.1. The van der Waals surface area contributed by atoms with Crippen LogP contribution in [0.25, 0.3) is 0 Å². The van der Waals surface area contributed by atoms with Crippen LogP contribution < -0.4 is 5.32 Å². The van der Waals surface area contributed by atoms with Crippen molar-refractivity contribution in [3.8, 4) is 0 Å². The molecule has 0 aliphatic carbocycles. The summed E-state index contributed by atoms with van der Waals surface area (Å²) in [7, 11) is 0. The van der Waals surface area contributed by atoms with Gasteiger partial charge >= 0.3 is 0 Å². The van der Waals surface area contributed by atoms with Crippen molar-refractivity contribution in [3.05, 3.63) is 0 Å². The van der Waals surface area contributed by atoms with Gasteiger partial charge in [-0.25, -0.2) is 0 Å². The highest BCUT2D eigenvalue weighted by atomic mass is 32.2. The minimum Gasteiger partial charge on any atom is -0.314 e. The highest BCUT2D eigenvalue weighted by molar-refractivity contribution is 7.99. The second-order valence-corrected chi connectivity index (χ2v) is 5.27. The Balaban J connectivity index is 1.79. The molecule has 0 aromatic carbocycles. The minimum absolute atomic E-state index is 0.862. The van der Waals surface area contributed by atoms with E-state index in [-0.39, 0.29) is 0 Å². The maximum atomic E-state index is 3.36. The number of rotatable bonds is 2. The standard InChI is InChI=1S/C10H20N2S/c1-13-10-3-2-5-12(6-4-10)9-7-11-8-9/h9-11H,2-8H2,1H3. The molecule has 0 spiro atoms. The molecule has 0 saturated carbocycles. The van der Waals surface area contributed by atoms with Gasteiger partial charge in [-0.15, -0.1) is 0 Å². The molecule has 1 N–H and O–H groups in total. The summed E-state index contributed by atoms with van der Waals surface area (Å²) in [5, 5.41) is 4.29. The molecule has 0 aromatic rings. The van der Waals surface area contributed by atoms with Gasteiger partial charge in [-0.05, 0) is 38.6 Å². The van der Waals surface area contributed by atoms with E-state index in [2.05, 4.69) is 28.2 Å².